The van der Waals surface area contributed by atoms with Crippen LogP contribution in [-0.2, 0) is 11.2 Å². The number of para-hydroxylation sites is 1. The predicted molar refractivity (Wildman–Crippen MR) is 122 cm³/mol. The van der Waals surface area contributed by atoms with Gasteiger partial charge in [0.2, 0.25) is 5.75 Å². The monoisotopic (exact) mass is 426 g/mol. The Morgan fingerprint density at radius 1 is 1.03 bits per heavy atom. The van der Waals surface area contributed by atoms with Crippen molar-refractivity contribution in [1.29, 1.82) is 0 Å². The van der Waals surface area contributed by atoms with Gasteiger partial charge in [0, 0.05) is 6.54 Å². The first-order valence-electron chi connectivity index (χ1n) is 9.74. The smallest absolute Gasteiger partial charge is 0.266 e. The Bertz CT molecular complexity index is 975. The molecule has 0 aromatic heterocycles. The number of hydrogen-bond donors (Lipinski definition) is 0. The average Bonchev–Trinajstić information content (AvgIpc) is 3.06. The van der Waals surface area contributed by atoms with E-state index in [1.807, 2.05) is 43.3 Å². The van der Waals surface area contributed by atoms with Crippen LogP contribution in [0.1, 0.15) is 25.0 Å². The summed E-state index contributed by atoms with van der Waals surface area (Å²) in [7, 11) is 4.70. The van der Waals surface area contributed by atoms with Crippen molar-refractivity contribution in [1.82, 2.24) is 4.90 Å². The van der Waals surface area contributed by atoms with Gasteiger partial charge in [0.05, 0.1) is 31.9 Å². The Labute approximate surface area is 181 Å². The summed E-state index contributed by atoms with van der Waals surface area (Å²) in [6, 6.07) is 11.6. The molecule has 0 atom stereocenters. The van der Waals surface area contributed by atoms with E-state index in [-0.39, 0.29) is 5.91 Å². The fraction of sp³-hybridized carbons (Fsp3) is 0.304. The van der Waals surface area contributed by atoms with Crippen LogP contribution in [0.4, 0.5) is 5.69 Å². The molecule has 0 saturated carbocycles. The molecule has 0 bridgehead atoms. The fourth-order valence-electron chi connectivity index (χ4n) is 3.23. The first-order chi connectivity index (χ1) is 14.6. The number of hydrogen-bond acceptors (Lipinski definition) is 6. The summed E-state index contributed by atoms with van der Waals surface area (Å²) in [6.45, 7) is 4.59. The molecule has 6 nitrogen and oxygen atoms in total. The van der Waals surface area contributed by atoms with Crippen molar-refractivity contribution in [2.75, 3.05) is 27.9 Å². The maximum atomic E-state index is 13.0. The summed E-state index contributed by atoms with van der Waals surface area (Å²) in [4.78, 5) is 20.1. The first-order valence-corrected chi connectivity index (χ1v) is 10.6. The third-order valence-electron chi connectivity index (χ3n) is 4.78. The number of aryl methyl sites for hydroxylation is 1. The molecule has 1 aliphatic heterocycles. The van der Waals surface area contributed by atoms with Crippen molar-refractivity contribution in [3.8, 4) is 17.2 Å². The van der Waals surface area contributed by atoms with Gasteiger partial charge >= 0.3 is 0 Å². The van der Waals surface area contributed by atoms with Crippen LogP contribution in [0.2, 0.25) is 0 Å². The van der Waals surface area contributed by atoms with Crippen molar-refractivity contribution in [3.63, 3.8) is 0 Å². The molecule has 0 radical (unpaired) electrons. The molecule has 7 heteroatoms. The van der Waals surface area contributed by atoms with E-state index in [2.05, 4.69) is 13.0 Å². The topological polar surface area (TPSA) is 60.4 Å². The zero-order chi connectivity index (χ0) is 21.7. The van der Waals surface area contributed by atoms with Crippen LogP contribution >= 0.6 is 11.8 Å². The maximum Gasteiger partial charge on any atom is 0.266 e. The van der Waals surface area contributed by atoms with Crippen molar-refractivity contribution >= 4 is 34.6 Å². The first kappa shape index (κ1) is 21.8. The predicted octanol–water partition coefficient (Wildman–Crippen LogP) is 4.90. The largest absolute Gasteiger partial charge is 0.493 e. The third-order valence-corrected chi connectivity index (χ3v) is 5.78. The van der Waals surface area contributed by atoms with Crippen molar-refractivity contribution in [2.24, 2.45) is 4.99 Å². The zero-order valence-corrected chi connectivity index (χ0v) is 18.7. The summed E-state index contributed by atoms with van der Waals surface area (Å²) < 4.78 is 16.2. The number of carbonyl (C=O) groups is 1. The molecular weight excluding hydrogens is 400 g/mol. The minimum absolute atomic E-state index is 0.0658. The molecule has 3 rings (SSSR count). The maximum absolute atomic E-state index is 13.0. The minimum Gasteiger partial charge on any atom is -0.493 e. The second-order valence-corrected chi connectivity index (χ2v) is 7.50. The molecule has 0 aliphatic carbocycles. The van der Waals surface area contributed by atoms with E-state index in [0.29, 0.717) is 33.9 Å². The van der Waals surface area contributed by atoms with Crippen LogP contribution in [0.15, 0.2) is 46.3 Å². The van der Waals surface area contributed by atoms with Gasteiger partial charge in [0.1, 0.15) is 0 Å². The lowest BCUT2D eigenvalue weighted by molar-refractivity contribution is -0.122. The van der Waals surface area contributed by atoms with E-state index in [0.717, 1.165) is 23.2 Å². The number of aliphatic imine (C=N–C) groups is 1. The summed E-state index contributed by atoms with van der Waals surface area (Å²) >= 11 is 1.37. The normalized spacial score (nSPS) is 16.4. The molecule has 0 spiro atoms. The van der Waals surface area contributed by atoms with Gasteiger partial charge in [-0.15, -0.1) is 0 Å². The number of amidine groups is 1. The highest BCUT2D eigenvalue weighted by atomic mass is 32.2. The second kappa shape index (κ2) is 9.71. The third kappa shape index (κ3) is 4.31. The highest BCUT2D eigenvalue weighted by Crippen LogP contribution is 2.40. The summed E-state index contributed by atoms with van der Waals surface area (Å²) in [5, 5.41) is 0.682. The van der Waals surface area contributed by atoms with Gasteiger partial charge < -0.3 is 14.2 Å². The molecule has 158 valence electrons. The number of amides is 1. The van der Waals surface area contributed by atoms with E-state index >= 15 is 0 Å². The Kier molecular flexibility index (Phi) is 7.05. The SMILES string of the molecule is CCc1ccccc1N=C1S/C(=C/c2cc(OC)c(OC)c(OC)c2)C(=O)N1CC. The van der Waals surface area contributed by atoms with Crippen molar-refractivity contribution in [3.05, 3.63) is 52.4 Å². The molecule has 2 aromatic carbocycles. The highest BCUT2D eigenvalue weighted by molar-refractivity contribution is 8.18. The van der Waals surface area contributed by atoms with Crippen LogP contribution in [0.25, 0.3) is 6.08 Å². The van der Waals surface area contributed by atoms with Crippen LogP contribution < -0.4 is 14.2 Å². The Morgan fingerprint density at radius 3 is 2.27 bits per heavy atom. The zero-order valence-electron chi connectivity index (χ0n) is 17.9. The summed E-state index contributed by atoms with van der Waals surface area (Å²) in [6.07, 6.45) is 2.71. The van der Waals surface area contributed by atoms with Gasteiger partial charge in [-0.3, -0.25) is 9.69 Å². The molecule has 1 amide bonds. The molecule has 1 aliphatic rings. The summed E-state index contributed by atoms with van der Waals surface area (Å²) in [5.74, 6) is 1.53. The highest BCUT2D eigenvalue weighted by Gasteiger charge is 2.32. The number of methoxy groups -OCH3 is 3. The quantitative estimate of drug-likeness (QED) is 0.590. The minimum atomic E-state index is -0.0658. The number of ether oxygens (including phenoxy) is 3. The number of thioether (sulfide) groups is 1. The average molecular weight is 427 g/mol. The molecule has 1 saturated heterocycles. The number of benzene rings is 2. The lowest BCUT2D eigenvalue weighted by atomic mass is 10.1. The summed E-state index contributed by atoms with van der Waals surface area (Å²) in [5.41, 5.74) is 2.82. The van der Waals surface area contributed by atoms with Gasteiger partial charge in [-0.1, -0.05) is 25.1 Å². The van der Waals surface area contributed by atoms with Crippen molar-refractivity contribution in [2.45, 2.75) is 20.3 Å². The lowest BCUT2D eigenvalue weighted by Gasteiger charge is -2.13. The van der Waals surface area contributed by atoms with E-state index in [1.165, 1.54) is 11.8 Å². The van der Waals surface area contributed by atoms with E-state index in [1.54, 1.807) is 26.2 Å². The van der Waals surface area contributed by atoms with Crippen LogP contribution in [-0.4, -0.2) is 43.8 Å². The molecule has 0 N–H and O–H groups in total. The van der Waals surface area contributed by atoms with Crippen LogP contribution in [0, 0.1) is 0 Å². The number of rotatable bonds is 7. The molecule has 30 heavy (non-hydrogen) atoms. The second-order valence-electron chi connectivity index (χ2n) is 6.50. The van der Waals surface area contributed by atoms with E-state index < -0.39 is 0 Å². The van der Waals surface area contributed by atoms with Crippen molar-refractivity contribution < 1.29 is 19.0 Å². The Morgan fingerprint density at radius 2 is 1.70 bits per heavy atom. The van der Waals surface area contributed by atoms with Gasteiger partial charge in [-0.2, -0.15) is 0 Å². The Hall–Kier alpha value is -2.93. The molecule has 1 heterocycles. The van der Waals surface area contributed by atoms with Gasteiger partial charge in [0.25, 0.3) is 5.91 Å². The van der Waals surface area contributed by atoms with E-state index in [9.17, 15) is 4.79 Å². The number of likely N-dealkylation sites (N-methyl/N-ethyl adjacent to an activating group) is 1. The van der Waals surface area contributed by atoms with Gasteiger partial charge in [-0.25, -0.2) is 4.99 Å². The Balaban J connectivity index is 2.01. The van der Waals surface area contributed by atoms with Gasteiger partial charge in [0.15, 0.2) is 16.7 Å². The standard InChI is InChI=1S/C23H26N2O4S/c1-6-16-10-8-9-11-17(16)24-23-25(7-2)22(26)20(30-23)14-15-12-18(27-3)21(29-5)19(13-15)28-4/h8-14H,6-7H2,1-5H3/b20-14+,24-23?. The van der Waals surface area contributed by atoms with Crippen LogP contribution in [0.3, 0.4) is 0 Å². The molecular formula is C23H26N2O4S. The fourth-order valence-corrected chi connectivity index (χ4v) is 4.28. The molecule has 2 aromatic rings. The van der Waals surface area contributed by atoms with E-state index in [4.69, 9.17) is 19.2 Å². The number of nitrogens with zero attached hydrogens (tertiary/aromatic N) is 2. The van der Waals surface area contributed by atoms with Crippen LogP contribution in [0.5, 0.6) is 17.2 Å². The number of carbonyl (C=O) groups excluding carboxylic acids is 1. The molecule has 1 fully saturated rings. The lowest BCUT2D eigenvalue weighted by Crippen LogP contribution is -2.28. The van der Waals surface area contributed by atoms with Gasteiger partial charge in [-0.05, 0) is 60.5 Å². The molecule has 0 unspecified atom stereocenters.